The second-order valence-electron chi connectivity index (χ2n) is 7.40. The molecule has 0 fully saturated rings. The molecule has 0 saturated heterocycles. The van der Waals surface area contributed by atoms with Crippen LogP contribution in [0, 0.1) is 0 Å². The van der Waals surface area contributed by atoms with E-state index < -0.39 is 5.79 Å². The summed E-state index contributed by atoms with van der Waals surface area (Å²) in [5.74, 6) is -0.500. The summed E-state index contributed by atoms with van der Waals surface area (Å²) in [6, 6.07) is 8.32. The summed E-state index contributed by atoms with van der Waals surface area (Å²) in [6.45, 7) is 12.7. The molecular formula is C25H42O3. The van der Waals surface area contributed by atoms with Crippen LogP contribution in [0.5, 0.6) is 0 Å². The van der Waals surface area contributed by atoms with Crippen LogP contribution in [-0.4, -0.2) is 25.6 Å². The van der Waals surface area contributed by atoms with Crippen molar-refractivity contribution in [3.63, 3.8) is 0 Å². The summed E-state index contributed by atoms with van der Waals surface area (Å²) in [4.78, 5) is 0. The van der Waals surface area contributed by atoms with E-state index in [1.807, 2.05) is 19.9 Å². The highest BCUT2D eigenvalue weighted by molar-refractivity contribution is 5.47. The standard InChI is InChI=1S/C25H42O3/c1-5-9-10-11-12-13-14-19-25(27-7-3,28-8-4)20-21-26-22-24-17-15-23(6-2)16-18-24/h6,15-18H,2,5,7-14,19-22H2,1,3-4H3. The molecule has 0 aromatic heterocycles. The molecule has 3 nitrogen and oxygen atoms in total. The van der Waals surface area contributed by atoms with Gasteiger partial charge in [0.15, 0.2) is 5.79 Å². The minimum absolute atomic E-state index is 0.500. The molecule has 0 radical (unpaired) electrons. The van der Waals surface area contributed by atoms with Crippen LogP contribution in [0.2, 0.25) is 0 Å². The average Bonchev–Trinajstić information content (AvgIpc) is 2.71. The molecule has 0 amide bonds. The quantitative estimate of drug-likeness (QED) is 0.197. The molecule has 0 saturated carbocycles. The largest absolute Gasteiger partial charge is 0.377 e. The van der Waals surface area contributed by atoms with Crippen molar-refractivity contribution in [1.29, 1.82) is 0 Å². The third-order valence-electron chi connectivity index (χ3n) is 5.09. The SMILES string of the molecule is C=Cc1ccc(COCCC(CCCCCCCCC)(OCC)OCC)cc1. The monoisotopic (exact) mass is 390 g/mol. The van der Waals surface area contributed by atoms with Crippen molar-refractivity contribution in [1.82, 2.24) is 0 Å². The highest BCUT2D eigenvalue weighted by Gasteiger charge is 2.30. The van der Waals surface area contributed by atoms with Crippen LogP contribution in [-0.2, 0) is 20.8 Å². The lowest BCUT2D eigenvalue weighted by molar-refractivity contribution is -0.246. The number of hydrogen-bond acceptors (Lipinski definition) is 3. The van der Waals surface area contributed by atoms with E-state index in [4.69, 9.17) is 14.2 Å². The van der Waals surface area contributed by atoms with Gasteiger partial charge >= 0.3 is 0 Å². The Balaban J connectivity index is 2.40. The summed E-state index contributed by atoms with van der Waals surface area (Å²) >= 11 is 0. The zero-order chi connectivity index (χ0) is 20.5. The molecular weight excluding hydrogens is 348 g/mol. The molecule has 1 aromatic rings. The first kappa shape index (κ1) is 24.9. The van der Waals surface area contributed by atoms with Crippen molar-refractivity contribution in [2.45, 2.75) is 91.0 Å². The molecule has 0 spiro atoms. The van der Waals surface area contributed by atoms with E-state index in [0.717, 1.165) is 24.8 Å². The number of benzene rings is 1. The fourth-order valence-corrected chi connectivity index (χ4v) is 3.50. The zero-order valence-corrected chi connectivity index (χ0v) is 18.5. The van der Waals surface area contributed by atoms with E-state index in [1.165, 1.54) is 44.1 Å². The van der Waals surface area contributed by atoms with E-state index >= 15 is 0 Å². The van der Waals surface area contributed by atoms with Gasteiger partial charge in [-0.05, 0) is 31.4 Å². The molecule has 1 rings (SSSR count). The van der Waals surface area contributed by atoms with Gasteiger partial charge in [0.2, 0.25) is 0 Å². The van der Waals surface area contributed by atoms with Crippen molar-refractivity contribution >= 4 is 6.08 Å². The summed E-state index contributed by atoms with van der Waals surface area (Å²) < 4.78 is 18.1. The average molecular weight is 391 g/mol. The number of hydrogen-bond donors (Lipinski definition) is 0. The zero-order valence-electron chi connectivity index (χ0n) is 18.5. The first-order valence-corrected chi connectivity index (χ1v) is 11.3. The van der Waals surface area contributed by atoms with Crippen LogP contribution in [0.25, 0.3) is 6.08 Å². The van der Waals surface area contributed by atoms with Gasteiger partial charge in [-0.15, -0.1) is 0 Å². The van der Waals surface area contributed by atoms with Gasteiger partial charge in [-0.1, -0.05) is 82.4 Å². The summed E-state index contributed by atoms with van der Waals surface area (Å²) in [6.07, 6.45) is 12.6. The molecule has 0 unspecified atom stereocenters. The highest BCUT2D eigenvalue weighted by Crippen LogP contribution is 2.26. The summed E-state index contributed by atoms with van der Waals surface area (Å²) in [5.41, 5.74) is 2.31. The van der Waals surface area contributed by atoms with Crippen molar-refractivity contribution in [2.24, 2.45) is 0 Å². The smallest absolute Gasteiger partial charge is 0.170 e. The van der Waals surface area contributed by atoms with Crippen LogP contribution in [0.4, 0.5) is 0 Å². The Morgan fingerprint density at radius 3 is 2.00 bits per heavy atom. The van der Waals surface area contributed by atoms with Crippen molar-refractivity contribution in [3.8, 4) is 0 Å². The lowest BCUT2D eigenvalue weighted by atomic mass is 10.0. The third-order valence-corrected chi connectivity index (χ3v) is 5.09. The van der Waals surface area contributed by atoms with Gasteiger partial charge in [0.1, 0.15) is 0 Å². The van der Waals surface area contributed by atoms with Crippen LogP contribution >= 0.6 is 0 Å². The van der Waals surface area contributed by atoms with Crippen LogP contribution in [0.3, 0.4) is 0 Å². The Morgan fingerprint density at radius 2 is 1.43 bits per heavy atom. The molecule has 0 aliphatic carbocycles. The van der Waals surface area contributed by atoms with Gasteiger partial charge in [0.25, 0.3) is 0 Å². The maximum Gasteiger partial charge on any atom is 0.170 e. The van der Waals surface area contributed by atoms with Crippen LogP contribution < -0.4 is 0 Å². The molecule has 3 heteroatoms. The van der Waals surface area contributed by atoms with Gasteiger partial charge in [0.05, 0.1) is 13.2 Å². The molecule has 28 heavy (non-hydrogen) atoms. The Bertz CT molecular complexity index is 489. The van der Waals surface area contributed by atoms with E-state index in [2.05, 4.69) is 37.8 Å². The van der Waals surface area contributed by atoms with Gasteiger partial charge < -0.3 is 14.2 Å². The first-order chi connectivity index (χ1) is 13.7. The number of ether oxygens (including phenoxy) is 3. The fourth-order valence-electron chi connectivity index (χ4n) is 3.50. The van der Waals surface area contributed by atoms with Crippen molar-refractivity contribution in [2.75, 3.05) is 19.8 Å². The number of unbranched alkanes of at least 4 members (excludes halogenated alkanes) is 6. The Kier molecular flexibility index (Phi) is 14.0. The second kappa shape index (κ2) is 15.7. The fraction of sp³-hybridized carbons (Fsp3) is 0.680. The summed E-state index contributed by atoms with van der Waals surface area (Å²) in [7, 11) is 0. The van der Waals surface area contributed by atoms with Crippen molar-refractivity contribution < 1.29 is 14.2 Å². The third kappa shape index (κ3) is 10.4. The van der Waals surface area contributed by atoms with Crippen LogP contribution in [0.15, 0.2) is 30.8 Å². The van der Waals surface area contributed by atoms with Gasteiger partial charge in [-0.3, -0.25) is 0 Å². The maximum atomic E-state index is 6.08. The minimum atomic E-state index is -0.500. The van der Waals surface area contributed by atoms with Gasteiger partial charge in [-0.2, -0.15) is 0 Å². The van der Waals surface area contributed by atoms with E-state index in [1.54, 1.807) is 0 Å². The van der Waals surface area contributed by atoms with E-state index in [9.17, 15) is 0 Å². The molecule has 0 atom stereocenters. The van der Waals surface area contributed by atoms with Crippen molar-refractivity contribution in [3.05, 3.63) is 42.0 Å². The molecule has 0 aliphatic heterocycles. The predicted octanol–water partition coefficient (Wildman–Crippen LogP) is 7.15. The molecule has 0 aliphatic rings. The Morgan fingerprint density at radius 1 is 0.821 bits per heavy atom. The van der Waals surface area contributed by atoms with Gasteiger partial charge in [-0.25, -0.2) is 0 Å². The lowest BCUT2D eigenvalue weighted by Gasteiger charge is -2.33. The minimum Gasteiger partial charge on any atom is -0.377 e. The second-order valence-corrected chi connectivity index (χ2v) is 7.40. The molecule has 0 heterocycles. The van der Waals surface area contributed by atoms with E-state index in [0.29, 0.717) is 26.4 Å². The van der Waals surface area contributed by atoms with Gasteiger partial charge in [0, 0.05) is 26.1 Å². The lowest BCUT2D eigenvalue weighted by Crippen LogP contribution is -2.37. The predicted molar refractivity (Wildman–Crippen MR) is 119 cm³/mol. The Hall–Kier alpha value is -1.16. The molecule has 0 bridgehead atoms. The molecule has 0 N–H and O–H groups in total. The Labute approximate surface area is 173 Å². The van der Waals surface area contributed by atoms with Crippen LogP contribution in [0.1, 0.15) is 89.7 Å². The normalized spacial score (nSPS) is 11.7. The maximum absolute atomic E-state index is 6.08. The highest BCUT2D eigenvalue weighted by atomic mass is 16.7. The summed E-state index contributed by atoms with van der Waals surface area (Å²) in [5, 5.41) is 0. The number of rotatable bonds is 18. The first-order valence-electron chi connectivity index (χ1n) is 11.3. The molecule has 160 valence electrons. The topological polar surface area (TPSA) is 27.7 Å². The molecule has 1 aromatic carbocycles. The van der Waals surface area contributed by atoms with E-state index in [-0.39, 0.29) is 0 Å².